The fourth-order valence-electron chi connectivity index (χ4n) is 0.408. The summed E-state index contributed by atoms with van der Waals surface area (Å²) in [5.74, 6) is -2.09. The predicted molar refractivity (Wildman–Crippen MR) is 35.4 cm³/mol. The molecule has 0 amide bonds. The van der Waals surface area contributed by atoms with Gasteiger partial charge in [0.2, 0.25) is 0 Å². The molecular formula is C7H9O4-. The van der Waals surface area contributed by atoms with Crippen LogP contribution in [0.25, 0.3) is 0 Å². The molecule has 0 spiro atoms. The zero-order valence-corrected chi connectivity index (χ0v) is 6.37. The number of hydrogen-bond donors (Lipinski definition) is 0. The number of rotatable bonds is 3. The van der Waals surface area contributed by atoms with Crippen LogP contribution >= 0.6 is 0 Å². The van der Waals surface area contributed by atoms with E-state index in [1.54, 1.807) is 13.8 Å². The molecule has 62 valence electrons. The van der Waals surface area contributed by atoms with E-state index in [2.05, 4.69) is 4.74 Å². The largest absolute Gasteiger partial charge is 0.545 e. The Morgan fingerprint density at radius 2 is 1.91 bits per heavy atom. The fourth-order valence-corrected chi connectivity index (χ4v) is 0.408. The second-order valence-electron chi connectivity index (χ2n) is 2.14. The van der Waals surface area contributed by atoms with Crippen LogP contribution in [-0.2, 0) is 14.3 Å². The van der Waals surface area contributed by atoms with Crippen LogP contribution in [0.3, 0.4) is 0 Å². The molecule has 0 fully saturated rings. The molecule has 0 bridgehead atoms. The van der Waals surface area contributed by atoms with E-state index >= 15 is 0 Å². The van der Waals surface area contributed by atoms with Gasteiger partial charge in [-0.3, -0.25) is 0 Å². The Balaban J connectivity index is 3.78. The normalized spacial score (nSPS) is 10.5. The van der Waals surface area contributed by atoms with Gasteiger partial charge in [0.05, 0.1) is 12.1 Å². The Bertz CT molecular complexity index is 181. The standard InChI is InChI=1S/C7H10O4/c1-5(2)11-7(10)4-3-6(8)9/h3-5H,1-2H3,(H,8,9)/p-1. The molecule has 0 aliphatic heterocycles. The molecule has 0 unspecified atom stereocenters. The SMILES string of the molecule is CC(C)OC(=O)C=CC(=O)[O-]. The Kier molecular flexibility index (Phi) is 3.95. The van der Waals surface area contributed by atoms with Gasteiger partial charge in [-0.05, 0) is 19.9 Å². The third-order valence-corrected chi connectivity index (χ3v) is 0.707. The minimum atomic E-state index is -1.41. The molecule has 0 rings (SSSR count). The third kappa shape index (κ3) is 6.57. The lowest BCUT2D eigenvalue weighted by Gasteiger charge is -2.03. The average molecular weight is 157 g/mol. The van der Waals surface area contributed by atoms with Crippen LogP contribution in [-0.4, -0.2) is 18.0 Å². The van der Waals surface area contributed by atoms with Crippen molar-refractivity contribution in [3.8, 4) is 0 Å². The van der Waals surface area contributed by atoms with Gasteiger partial charge >= 0.3 is 5.97 Å². The van der Waals surface area contributed by atoms with Crippen LogP contribution in [0, 0.1) is 0 Å². The Morgan fingerprint density at radius 1 is 1.36 bits per heavy atom. The van der Waals surface area contributed by atoms with E-state index in [-0.39, 0.29) is 6.10 Å². The molecule has 0 saturated carbocycles. The van der Waals surface area contributed by atoms with E-state index in [1.165, 1.54) is 0 Å². The summed E-state index contributed by atoms with van der Waals surface area (Å²) >= 11 is 0. The molecule has 4 heteroatoms. The maximum atomic E-state index is 10.6. The van der Waals surface area contributed by atoms with Crippen LogP contribution in [0.1, 0.15) is 13.8 Å². The van der Waals surface area contributed by atoms with Crippen molar-refractivity contribution < 1.29 is 19.4 Å². The van der Waals surface area contributed by atoms with Gasteiger partial charge in [-0.25, -0.2) is 4.79 Å². The maximum absolute atomic E-state index is 10.6. The summed E-state index contributed by atoms with van der Waals surface area (Å²) in [6.07, 6.45) is 1.20. The highest BCUT2D eigenvalue weighted by Gasteiger charge is 1.98. The summed E-state index contributed by atoms with van der Waals surface area (Å²) in [5, 5.41) is 9.78. The van der Waals surface area contributed by atoms with Crippen LogP contribution in [0.15, 0.2) is 12.2 Å². The Labute approximate surface area is 64.5 Å². The molecule has 0 N–H and O–H groups in total. The summed E-state index contributed by atoms with van der Waals surface area (Å²) in [6.45, 7) is 3.34. The van der Waals surface area contributed by atoms with Crippen LogP contribution < -0.4 is 5.11 Å². The zero-order valence-electron chi connectivity index (χ0n) is 6.37. The van der Waals surface area contributed by atoms with E-state index in [4.69, 9.17) is 0 Å². The number of hydrogen-bond acceptors (Lipinski definition) is 4. The van der Waals surface area contributed by atoms with Gasteiger partial charge in [0, 0.05) is 6.08 Å². The van der Waals surface area contributed by atoms with Crippen LogP contribution in [0.5, 0.6) is 0 Å². The molecule has 0 atom stereocenters. The van der Waals surface area contributed by atoms with Gasteiger partial charge in [-0.15, -0.1) is 0 Å². The first-order valence-electron chi connectivity index (χ1n) is 3.12. The lowest BCUT2D eigenvalue weighted by Crippen LogP contribution is -2.19. The molecule has 0 heterocycles. The Hall–Kier alpha value is -1.32. The van der Waals surface area contributed by atoms with Crippen molar-refractivity contribution in [3.05, 3.63) is 12.2 Å². The number of ether oxygens (including phenoxy) is 1. The second kappa shape index (κ2) is 4.49. The molecule has 4 nitrogen and oxygen atoms in total. The summed E-state index contributed by atoms with van der Waals surface area (Å²) in [4.78, 5) is 20.3. The molecule has 0 aliphatic carbocycles. The highest BCUT2D eigenvalue weighted by molar-refractivity contribution is 5.89. The van der Waals surface area contributed by atoms with Gasteiger partial charge in [-0.1, -0.05) is 0 Å². The van der Waals surface area contributed by atoms with Gasteiger partial charge in [0.25, 0.3) is 0 Å². The highest BCUT2D eigenvalue weighted by Crippen LogP contribution is 1.89. The lowest BCUT2D eigenvalue weighted by molar-refractivity contribution is -0.297. The van der Waals surface area contributed by atoms with Crippen molar-refractivity contribution in [3.63, 3.8) is 0 Å². The first-order valence-corrected chi connectivity index (χ1v) is 3.12. The number of carboxylic acid groups (broad SMARTS) is 1. The quantitative estimate of drug-likeness (QED) is 0.399. The van der Waals surface area contributed by atoms with E-state index in [0.717, 1.165) is 6.08 Å². The molecule has 0 radical (unpaired) electrons. The van der Waals surface area contributed by atoms with Gasteiger partial charge in [0.1, 0.15) is 0 Å². The van der Waals surface area contributed by atoms with Crippen molar-refractivity contribution in [2.45, 2.75) is 20.0 Å². The first-order chi connectivity index (χ1) is 5.02. The third-order valence-electron chi connectivity index (χ3n) is 0.707. The number of aliphatic carboxylic acids is 1. The smallest absolute Gasteiger partial charge is 0.331 e. The van der Waals surface area contributed by atoms with Crippen LogP contribution in [0.4, 0.5) is 0 Å². The van der Waals surface area contributed by atoms with Crippen molar-refractivity contribution in [2.24, 2.45) is 0 Å². The highest BCUT2D eigenvalue weighted by atomic mass is 16.5. The predicted octanol–water partition coefficient (Wildman–Crippen LogP) is -0.756. The average Bonchev–Trinajstić information content (AvgIpc) is 1.82. The number of esters is 1. The van der Waals surface area contributed by atoms with E-state index in [1.807, 2.05) is 0 Å². The summed E-state index contributed by atoms with van der Waals surface area (Å²) in [6, 6.07) is 0. The van der Waals surface area contributed by atoms with Crippen molar-refractivity contribution >= 4 is 11.9 Å². The minimum absolute atomic E-state index is 0.242. The minimum Gasteiger partial charge on any atom is -0.545 e. The summed E-state index contributed by atoms with van der Waals surface area (Å²) in [5.41, 5.74) is 0. The van der Waals surface area contributed by atoms with Crippen molar-refractivity contribution in [1.29, 1.82) is 0 Å². The van der Waals surface area contributed by atoms with Crippen molar-refractivity contribution in [1.82, 2.24) is 0 Å². The second-order valence-corrected chi connectivity index (χ2v) is 2.14. The summed E-state index contributed by atoms with van der Waals surface area (Å²) < 4.78 is 4.58. The van der Waals surface area contributed by atoms with Crippen molar-refractivity contribution in [2.75, 3.05) is 0 Å². The molecule has 0 aliphatic rings. The zero-order chi connectivity index (χ0) is 8.85. The maximum Gasteiger partial charge on any atom is 0.331 e. The molecular weight excluding hydrogens is 148 g/mol. The first kappa shape index (κ1) is 9.68. The number of carboxylic acids is 1. The van der Waals surface area contributed by atoms with Gasteiger partial charge < -0.3 is 14.6 Å². The molecule has 0 saturated heterocycles. The fraction of sp³-hybridized carbons (Fsp3) is 0.429. The van der Waals surface area contributed by atoms with E-state index in [9.17, 15) is 14.7 Å². The van der Waals surface area contributed by atoms with Gasteiger partial charge in [0.15, 0.2) is 0 Å². The monoisotopic (exact) mass is 157 g/mol. The Morgan fingerprint density at radius 3 is 2.27 bits per heavy atom. The van der Waals surface area contributed by atoms with Crippen LogP contribution in [0.2, 0.25) is 0 Å². The summed E-state index contributed by atoms with van der Waals surface area (Å²) in [7, 11) is 0. The number of carbonyl (C=O) groups excluding carboxylic acids is 2. The van der Waals surface area contributed by atoms with Gasteiger partial charge in [-0.2, -0.15) is 0 Å². The molecule has 0 aromatic heterocycles. The van der Waals surface area contributed by atoms with E-state index < -0.39 is 11.9 Å². The molecule has 11 heavy (non-hydrogen) atoms. The molecule has 0 aromatic carbocycles. The van der Waals surface area contributed by atoms with E-state index in [0.29, 0.717) is 6.08 Å². The lowest BCUT2D eigenvalue weighted by atomic mass is 10.4. The number of carbonyl (C=O) groups is 2. The topological polar surface area (TPSA) is 66.4 Å². The molecule has 0 aromatic rings.